The molecule has 1 aliphatic heterocycles. The number of para-hydroxylation sites is 1. The normalized spacial score (nSPS) is 12.2. The van der Waals surface area contributed by atoms with Crippen molar-refractivity contribution in [1.82, 2.24) is 14.6 Å². The molecule has 8 nitrogen and oxygen atoms in total. The van der Waals surface area contributed by atoms with Crippen LogP contribution in [0.25, 0.3) is 16.9 Å². The van der Waals surface area contributed by atoms with E-state index in [-0.39, 0.29) is 6.79 Å². The zero-order valence-electron chi connectivity index (χ0n) is 16.6. The highest BCUT2D eigenvalue weighted by Gasteiger charge is 2.20. The minimum absolute atomic E-state index is 0.226. The van der Waals surface area contributed by atoms with Crippen molar-refractivity contribution in [2.24, 2.45) is 0 Å². The van der Waals surface area contributed by atoms with Crippen molar-refractivity contribution in [3.63, 3.8) is 0 Å². The summed E-state index contributed by atoms with van der Waals surface area (Å²) in [5, 5.41) is 7.99. The van der Waals surface area contributed by atoms with E-state index in [4.69, 9.17) is 23.9 Å². The molecule has 0 unspecified atom stereocenters. The van der Waals surface area contributed by atoms with E-state index in [9.17, 15) is 0 Å². The van der Waals surface area contributed by atoms with Crippen LogP contribution in [0.2, 0.25) is 0 Å². The molecule has 0 fully saturated rings. The third kappa shape index (κ3) is 3.12. The predicted molar refractivity (Wildman–Crippen MR) is 111 cm³/mol. The first-order chi connectivity index (χ1) is 14.8. The summed E-state index contributed by atoms with van der Waals surface area (Å²) in [6.07, 6.45) is 0. The molecule has 1 N–H and O–H groups in total. The molecule has 30 heavy (non-hydrogen) atoms. The molecule has 0 spiro atoms. The number of hydrogen-bond donors (Lipinski definition) is 1. The van der Waals surface area contributed by atoms with Crippen LogP contribution < -0.4 is 24.3 Å². The van der Waals surface area contributed by atoms with Crippen LogP contribution in [0.3, 0.4) is 0 Å². The SMILES string of the molecule is COc1ccccc1CNc1ccc2nc(-c3ccc4c(c3)OCO4)c(OC)n2n1. The maximum absolute atomic E-state index is 5.64. The first kappa shape index (κ1) is 18.1. The van der Waals surface area contributed by atoms with E-state index in [2.05, 4.69) is 10.4 Å². The lowest BCUT2D eigenvalue weighted by Gasteiger charge is -2.10. The van der Waals surface area contributed by atoms with E-state index in [0.717, 1.165) is 22.6 Å². The summed E-state index contributed by atoms with van der Waals surface area (Å²) in [6.45, 7) is 0.804. The summed E-state index contributed by atoms with van der Waals surface area (Å²) in [7, 11) is 3.27. The van der Waals surface area contributed by atoms with Crippen LogP contribution in [0.1, 0.15) is 5.56 Å². The van der Waals surface area contributed by atoms with Gasteiger partial charge in [0.1, 0.15) is 17.3 Å². The third-order valence-corrected chi connectivity index (χ3v) is 4.93. The number of methoxy groups -OCH3 is 2. The van der Waals surface area contributed by atoms with Crippen LogP contribution in [0, 0.1) is 0 Å². The number of anilines is 1. The number of aromatic nitrogens is 3. The van der Waals surface area contributed by atoms with Gasteiger partial charge in [-0.15, -0.1) is 5.10 Å². The van der Waals surface area contributed by atoms with Crippen molar-refractivity contribution in [3.05, 3.63) is 60.2 Å². The second-order valence-corrected chi connectivity index (χ2v) is 6.69. The van der Waals surface area contributed by atoms with Gasteiger partial charge >= 0.3 is 0 Å². The predicted octanol–water partition coefficient (Wildman–Crippen LogP) is 3.75. The summed E-state index contributed by atoms with van der Waals surface area (Å²) < 4.78 is 23.6. The summed E-state index contributed by atoms with van der Waals surface area (Å²) in [6, 6.07) is 17.4. The van der Waals surface area contributed by atoms with Gasteiger partial charge in [0.25, 0.3) is 0 Å². The fourth-order valence-electron chi connectivity index (χ4n) is 3.46. The van der Waals surface area contributed by atoms with Gasteiger partial charge in [-0.2, -0.15) is 4.52 Å². The van der Waals surface area contributed by atoms with Crippen molar-refractivity contribution in [1.29, 1.82) is 0 Å². The molecule has 0 atom stereocenters. The zero-order valence-corrected chi connectivity index (χ0v) is 16.6. The first-order valence-electron chi connectivity index (χ1n) is 9.46. The number of benzene rings is 2. The molecule has 0 radical (unpaired) electrons. The molecule has 152 valence electrons. The van der Waals surface area contributed by atoms with Gasteiger partial charge in [-0.1, -0.05) is 18.2 Å². The minimum Gasteiger partial charge on any atom is -0.496 e. The van der Waals surface area contributed by atoms with Crippen molar-refractivity contribution < 1.29 is 18.9 Å². The molecule has 4 aromatic rings. The average Bonchev–Trinajstić information content (AvgIpc) is 3.41. The number of nitrogens with zero attached hydrogens (tertiary/aromatic N) is 3. The van der Waals surface area contributed by atoms with E-state index < -0.39 is 0 Å². The first-order valence-corrected chi connectivity index (χ1v) is 9.46. The molecular formula is C22H20N4O4. The Morgan fingerprint density at radius 1 is 1.00 bits per heavy atom. The fraction of sp³-hybridized carbons (Fsp3) is 0.182. The lowest BCUT2D eigenvalue weighted by atomic mass is 10.1. The molecule has 0 amide bonds. The largest absolute Gasteiger partial charge is 0.496 e. The molecule has 3 heterocycles. The van der Waals surface area contributed by atoms with Crippen molar-refractivity contribution in [2.45, 2.75) is 6.54 Å². The van der Waals surface area contributed by atoms with E-state index in [0.29, 0.717) is 35.3 Å². The Kier molecular flexibility index (Phi) is 4.51. The van der Waals surface area contributed by atoms with Crippen LogP contribution in [0.5, 0.6) is 23.1 Å². The van der Waals surface area contributed by atoms with Crippen molar-refractivity contribution in [2.75, 3.05) is 26.3 Å². The molecule has 0 saturated carbocycles. The van der Waals surface area contributed by atoms with E-state index >= 15 is 0 Å². The highest BCUT2D eigenvalue weighted by molar-refractivity contribution is 5.72. The molecule has 2 aromatic carbocycles. The maximum Gasteiger partial charge on any atom is 0.243 e. The Balaban J connectivity index is 1.47. The number of rotatable bonds is 6. The van der Waals surface area contributed by atoms with Crippen LogP contribution in [0.4, 0.5) is 5.82 Å². The van der Waals surface area contributed by atoms with Gasteiger partial charge in [-0.3, -0.25) is 0 Å². The summed E-state index contributed by atoms with van der Waals surface area (Å²) in [4.78, 5) is 4.70. The Morgan fingerprint density at radius 3 is 2.73 bits per heavy atom. The summed E-state index contributed by atoms with van der Waals surface area (Å²) in [5.41, 5.74) is 3.28. The molecule has 0 bridgehead atoms. The fourth-order valence-corrected chi connectivity index (χ4v) is 3.46. The van der Waals surface area contributed by atoms with Crippen LogP contribution in [0.15, 0.2) is 54.6 Å². The molecule has 2 aromatic heterocycles. The molecule has 0 aliphatic carbocycles. The monoisotopic (exact) mass is 404 g/mol. The van der Waals surface area contributed by atoms with Crippen molar-refractivity contribution >= 4 is 11.5 Å². The van der Waals surface area contributed by atoms with Gasteiger partial charge in [0.2, 0.25) is 12.7 Å². The smallest absolute Gasteiger partial charge is 0.243 e. The van der Waals surface area contributed by atoms with Gasteiger partial charge in [-0.25, -0.2) is 4.98 Å². The highest BCUT2D eigenvalue weighted by atomic mass is 16.7. The lowest BCUT2D eigenvalue weighted by molar-refractivity contribution is 0.174. The Bertz CT molecular complexity index is 1220. The molecule has 8 heteroatoms. The van der Waals surface area contributed by atoms with Crippen molar-refractivity contribution in [3.8, 4) is 34.4 Å². The van der Waals surface area contributed by atoms with E-state index in [1.807, 2.05) is 54.6 Å². The second kappa shape index (κ2) is 7.47. The van der Waals surface area contributed by atoms with Gasteiger partial charge in [0, 0.05) is 17.7 Å². The van der Waals surface area contributed by atoms with Gasteiger partial charge in [-0.05, 0) is 36.4 Å². The van der Waals surface area contributed by atoms with E-state index in [1.54, 1.807) is 18.7 Å². The quantitative estimate of drug-likeness (QED) is 0.524. The van der Waals surface area contributed by atoms with Gasteiger partial charge < -0.3 is 24.3 Å². The standard InChI is InChI=1S/C22H20N4O4/c1-27-16-6-4-3-5-15(16)12-23-19-9-10-20-24-21(22(28-2)26(20)25-19)14-7-8-17-18(11-14)30-13-29-17/h3-11H,12-13H2,1-2H3,(H,23,25). The summed E-state index contributed by atoms with van der Waals surface area (Å²) in [5.74, 6) is 3.49. The number of imidazole rings is 1. The van der Waals surface area contributed by atoms with Crippen LogP contribution in [-0.2, 0) is 6.54 Å². The van der Waals surface area contributed by atoms with Crippen LogP contribution >= 0.6 is 0 Å². The topological polar surface area (TPSA) is 79.1 Å². The average molecular weight is 404 g/mol. The summed E-state index contributed by atoms with van der Waals surface area (Å²) >= 11 is 0. The Labute approximate surface area is 173 Å². The molecule has 0 saturated heterocycles. The van der Waals surface area contributed by atoms with Gasteiger partial charge in [0.05, 0.1) is 14.2 Å². The lowest BCUT2D eigenvalue weighted by Crippen LogP contribution is -2.05. The van der Waals surface area contributed by atoms with Gasteiger partial charge in [0.15, 0.2) is 17.1 Å². The Hall–Kier alpha value is -3.94. The number of hydrogen-bond acceptors (Lipinski definition) is 7. The zero-order chi connectivity index (χ0) is 20.5. The molecular weight excluding hydrogens is 384 g/mol. The number of nitrogens with one attached hydrogen (secondary N) is 1. The van der Waals surface area contributed by atoms with E-state index in [1.165, 1.54) is 0 Å². The maximum atomic E-state index is 5.64. The number of fused-ring (bicyclic) bond motifs is 2. The third-order valence-electron chi connectivity index (χ3n) is 4.93. The molecule has 5 rings (SSSR count). The minimum atomic E-state index is 0.226. The number of ether oxygens (including phenoxy) is 4. The second-order valence-electron chi connectivity index (χ2n) is 6.69. The molecule has 1 aliphatic rings. The Morgan fingerprint density at radius 2 is 1.87 bits per heavy atom. The van der Waals surface area contributed by atoms with Crippen LogP contribution in [-0.4, -0.2) is 35.6 Å². The highest BCUT2D eigenvalue weighted by Crippen LogP contribution is 2.38.